The molecule has 0 amide bonds. The first-order chi connectivity index (χ1) is 9.20. The minimum absolute atomic E-state index is 0.634. The van der Waals surface area contributed by atoms with Gasteiger partial charge in [-0.05, 0) is 47.9 Å². The Morgan fingerprint density at radius 3 is 2.26 bits per heavy atom. The molecule has 1 N–H and O–H groups in total. The molecular formula is C17H23NS. The Balaban J connectivity index is 2.09. The quantitative estimate of drug-likeness (QED) is 0.820. The summed E-state index contributed by atoms with van der Waals surface area (Å²) in [6, 6.07) is 13.4. The van der Waals surface area contributed by atoms with Gasteiger partial charge in [-0.25, -0.2) is 0 Å². The van der Waals surface area contributed by atoms with Crippen LogP contribution in [0.2, 0.25) is 0 Å². The standard InChI is InChI=1S/C17H23NS/c1-13(2)16(17-5-4-10-19-17)11-14-6-8-15(9-7-14)12-18-3/h4-10,13,16,18H,11-12H2,1-3H3. The second-order valence-corrected chi connectivity index (χ2v) is 6.40. The van der Waals surface area contributed by atoms with E-state index < -0.39 is 0 Å². The highest BCUT2D eigenvalue weighted by Gasteiger charge is 2.17. The highest BCUT2D eigenvalue weighted by molar-refractivity contribution is 7.10. The fourth-order valence-corrected chi connectivity index (χ4v) is 3.42. The zero-order chi connectivity index (χ0) is 13.7. The molecule has 1 nitrogen and oxygen atoms in total. The molecule has 0 bridgehead atoms. The molecule has 0 spiro atoms. The van der Waals surface area contributed by atoms with Crippen molar-refractivity contribution in [3.05, 3.63) is 57.8 Å². The molecular weight excluding hydrogens is 250 g/mol. The van der Waals surface area contributed by atoms with Gasteiger partial charge < -0.3 is 5.32 Å². The van der Waals surface area contributed by atoms with Crippen molar-refractivity contribution in [3.63, 3.8) is 0 Å². The molecule has 1 atom stereocenters. The first-order valence-electron chi connectivity index (χ1n) is 6.96. The van der Waals surface area contributed by atoms with E-state index in [1.165, 1.54) is 16.0 Å². The van der Waals surface area contributed by atoms with Crippen molar-refractivity contribution in [2.75, 3.05) is 7.05 Å². The van der Waals surface area contributed by atoms with Gasteiger partial charge in [0.1, 0.15) is 0 Å². The molecule has 0 saturated heterocycles. The van der Waals surface area contributed by atoms with Crippen molar-refractivity contribution in [2.24, 2.45) is 5.92 Å². The van der Waals surface area contributed by atoms with Crippen LogP contribution in [0, 0.1) is 5.92 Å². The van der Waals surface area contributed by atoms with Gasteiger partial charge in [-0.1, -0.05) is 44.2 Å². The maximum absolute atomic E-state index is 3.19. The Labute approximate surface area is 120 Å². The monoisotopic (exact) mass is 273 g/mol. The minimum atomic E-state index is 0.634. The summed E-state index contributed by atoms with van der Waals surface area (Å²) < 4.78 is 0. The van der Waals surface area contributed by atoms with E-state index in [4.69, 9.17) is 0 Å². The maximum atomic E-state index is 3.19. The average molecular weight is 273 g/mol. The molecule has 0 fully saturated rings. The summed E-state index contributed by atoms with van der Waals surface area (Å²) in [5.41, 5.74) is 2.79. The molecule has 0 aliphatic rings. The number of thiophene rings is 1. The lowest BCUT2D eigenvalue weighted by molar-refractivity contribution is 0.502. The molecule has 102 valence electrons. The van der Waals surface area contributed by atoms with Crippen LogP contribution in [0.25, 0.3) is 0 Å². The van der Waals surface area contributed by atoms with E-state index in [0.717, 1.165) is 13.0 Å². The van der Waals surface area contributed by atoms with Crippen LogP contribution in [0.5, 0.6) is 0 Å². The number of nitrogens with one attached hydrogen (secondary N) is 1. The van der Waals surface area contributed by atoms with Gasteiger partial charge >= 0.3 is 0 Å². The lowest BCUT2D eigenvalue weighted by Gasteiger charge is -2.19. The van der Waals surface area contributed by atoms with Crippen LogP contribution in [0.3, 0.4) is 0 Å². The van der Waals surface area contributed by atoms with E-state index in [1.54, 1.807) is 0 Å². The number of benzene rings is 1. The predicted molar refractivity (Wildman–Crippen MR) is 84.8 cm³/mol. The van der Waals surface area contributed by atoms with Gasteiger partial charge in [-0.15, -0.1) is 11.3 Å². The van der Waals surface area contributed by atoms with E-state index in [0.29, 0.717) is 11.8 Å². The van der Waals surface area contributed by atoms with E-state index in [2.05, 4.69) is 60.9 Å². The molecule has 0 saturated carbocycles. The largest absolute Gasteiger partial charge is 0.316 e. The molecule has 1 aromatic carbocycles. The average Bonchev–Trinajstić information content (AvgIpc) is 2.91. The lowest BCUT2D eigenvalue weighted by atomic mass is 9.88. The number of hydrogen-bond acceptors (Lipinski definition) is 2. The maximum Gasteiger partial charge on any atom is 0.0202 e. The van der Waals surface area contributed by atoms with Gasteiger partial charge in [0.25, 0.3) is 0 Å². The van der Waals surface area contributed by atoms with Crippen molar-refractivity contribution >= 4 is 11.3 Å². The smallest absolute Gasteiger partial charge is 0.0202 e. The van der Waals surface area contributed by atoms with Gasteiger partial charge in [0.05, 0.1) is 0 Å². The fraction of sp³-hybridized carbons (Fsp3) is 0.412. The summed E-state index contributed by atoms with van der Waals surface area (Å²) in [4.78, 5) is 1.51. The first kappa shape index (κ1) is 14.3. The highest BCUT2D eigenvalue weighted by Crippen LogP contribution is 2.31. The van der Waals surface area contributed by atoms with Crippen LogP contribution in [0.1, 0.15) is 35.8 Å². The molecule has 19 heavy (non-hydrogen) atoms. The normalized spacial score (nSPS) is 12.8. The van der Waals surface area contributed by atoms with Crippen LogP contribution in [0.15, 0.2) is 41.8 Å². The predicted octanol–water partition coefficient (Wildman–Crippen LogP) is 4.45. The summed E-state index contributed by atoms with van der Waals surface area (Å²) in [5, 5.41) is 5.37. The summed E-state index contributed by atoms with van der Waals surface area (Å²) in [6.45, 7) is 5.58. The van der Waals surface area contributed by atoms with Crippen LogP contribution in [-0.2, 0) is 13.0 Å². The molecule has 2 rings (SSSR count). The van der Waals surface area contributed by atoms with Crippen molar-refractivity contribution in [1.82, 2.24) is 5.32 Å². The van der Waals surface area contributed by atoms with Gasteiger partial charge in [0, 0.05) is 11.4 Å². The Hall–Kier alpha value is -1.12. The first-order valence-corrected chi connectivity index (χ1v) is 7.84. The van der Waals surface area contributed by atoms with Crippen LogP contribution < -0.4 is 5.32 Å². The zero-order valence-electron chi connectivity index (χ0n) is 12.0. The van der Waals surface area contributed by atoms with Gasteiger partial charge in [-0.3, -0.25) is 0 Å². The SMILES string of the molecule is CNCc1ccc(CC(c2cccs2)C(C)C)cc1. The van der Waals surface area contributed by atoms with Crippen molar-refractivity contribution in [3.8, 4) is 0 Å². The molecule has 1 unspecified atom stereocenters. The summed E-state index contributed by atoms with van der Waals surface area (Å²) in [7, 11) is 1.99. The third kappa shape index (κ3) is 3.92. The second-order valence-electron chi connectivity index (χ2n) is 5.42. The van der Waals surface area contributed by atoms with Crippen molar-refractivity contribution in [2.45, 2.75) is 32.7 Å². The van der Waals surface area contributed by atoms with Gasteiger partial charge in [0.15, 0.2) is 0 Å². The van der Waals surface area contributed by atoms with E-state index in [1.807, 2.05) is 18.4 Å². The summed E-state index contributed by atoms with van der Waals surface area (Å²) in [5.74, 6) is 1.31. The Morgan fingerprint density at radius 2 is 1.74 bits per heavy atom. The molecule has 1 heterocycles. The third-order valence-electron chi connectivity index (χ3n) is 3.57. The Morgan fingerprint density at radius 1 is 1.05 bits per heavy atom. The summed E-state index contributed by atoms with van der Waals surface area (Å²) >= 11 is 1.88. The minimum Gasteiger partial charge on any atom is -0.316 e. The van der Waals surface area contributed by atoms with E-state index in [-0.39, 0.29) is 0 Å². The molecule has 2 aromatic rings. The molecule has 2 heteroatoms. The lowest BCUT2D eigenvalue weighted by Crippen LogP contribution is -2.09. The molecule has 1 aromatic heterocycles. The van der Waals surface area contributed by atoms with Crippen LogP contribution >= 0.6 is 11.3 Å². The highest BCUT2D eigenvalue weighted by atomic mass is 32.1. The Bertz CT molecular complexity index is 470. The molecule has 0 aliphatic carbocycles. The van der Waals surface area contributed by atoms with Gasteiger partial charge in [-0.2, -0.15) is 0 Å². The van der Waals surface area contributed by atoms with Gasteiger partial charge in [0.2, 0.25) is 0 Å². The number of hydrogen-bond donors (Lipinski definition) is 1. The second kappa shape index (κ2) is 6.88. The van der Waals surface area contributed by atoms with E-state index in [9.17, 15) is 0 Å². The third-order valence-corrected chi connectivity index (χ3v) is 4.58. The molecule has 0 radical (unpaired) electrons. The topological polar surface area (TPSA) is 12.0 Å². The van der Waals surface area contributed by atoms with Crippen LogP contribution in [-0.4, -0.2) is 7.05 Å². The van der Waals surface area contributed by atoms with Crippen molar-refractivity contribution < 1.29 is 0 Å². The fourth-order valence-electron chi connectivity index (χ4n) is 2.42. The van der Waals surface area contributed by atoms with Crippen molar-refractivity contribution in [1.29, 1.82) is 0 Å². The summed E-state index contributed by atoms with van der Waals surface area (Å²) in [6.07, 6.45) is 1.14. The zero-order valence-corrected chi connectivity index (χ0v) is 12.8. The van der Waals surface area contributed by atoms with E-state index >= 15 is 0 Å². The Kier molecular flexibility index (Phi) is 5.17. The number of rotatable bonds is 6. The van der Waals surface area contributed by atoms with Crippen LogP contribution in [0.4, 0.5) is 0 Å². The molecule has 0 aliphatic heterocycles.